The van der Waals surface area contributed by atoms with Crippen LogP contribution in [0.15, 0.2) is 17.1 Å². The number of benzene rings is 1. The maximum absolute atomic E-state index is 5.46. The van der Waals surface area contributed by atoms with Crippen molar-refractivity contribution in [3.8, 4) is 0 Å². The largest absolute Gasteiger partial charge is 0.325 e. The lowest BCUT2D eigenvalue weighted by molar-refractivity contribution is 0.818. The van der Waals surface area contributed by atoms with Crippen molar-refractivity contribution in [2.75, 3.05) is 5.32 Å². The Kier molecular flexibility index (Phi) is 4.52. The van der Waals surface area contributed by atoms with Crippen molar-refractivity contribution in [2.45, 2.75) is 40.7 Å². The summed E-state index contributed by atoms with van der Waals surface area (Å²) in [6.45, 7) is 10.3. The number of aliphatic imine (C=N–C) groups is 1. The van der Waals surface area contributed by atoms with E-state index in [-0.39, 0.29) is 6.04 Å². The molecule has 0 bridgehead atoms. The fourth-order valence-corrected chi connectivity index (χ4v) is 1.86. The number of rotatable bonds is 2. The molecule has 0 aliphatic rings. The van der Waals surface area contributed by atoms with Crippen LogP contribution in [-0.2, 0) is 0 Å². The molecule has 1 aromatic carbocycles. The van der Waals surface area contributed by atoms with Crippen LogP contribution in [0, 0.1) is 20.8 Å². The number of anilines is 1. The van der Waals surface area contributed by atoms with Crippen LogP contribution in [0.2, 0.25) is 0 Å². The molecule has 0 amide bonds. The molecule has 0 radical (unpaired) electrons. The number of nitrogens with zero attached hydrogens (tertiary/aromatic N) is 1. The molecule has 0 aliphatic heterocycles. The van der Waals surface area contributed by atoms with Crippen LogP contribution in [0.4, 0.5) is 5.69 Å². The van der Waals surface area contributed by atoms with Crippen molar-refractivity contribution < 1.29 is 0 Å². The van der Waals surface area contributed by atoms with Gasteiger partial charge in [0.2, 0.25) is 5.96 Å². The van der Waals surface area contributed by atoms with Crippen molar-refractivity contribution >= 4 is 11.6 Å². The fourth-order valence-electron chi connectivity index (χ4n) is 1.86. The molecule has 0 unspecified atom stereocenters. The van der Waals surface area contributed by atoms with E-state index in [1.165, 1.54) is 16.7 Å². The van der Waals surface area contributed by atoms with Gasteiger partial charge in [0.1, 0.15) is 0 Å². The number of nitrogens with one attached hydrogen (secondary N) is 2. The van der Waals surface area contributed by atoms with Gasteiger partial charge in [0.05, 0.1) is 0 Å². The fraction of sp³-hybridized carbons (Fsp3) is 0.462. The molecule has 0 aromatic heterocycles. The topological polar surface area (TPSA) is 62.4 Å². The van der Waals surface area contributed by atoms with Gasteiger partial charge < -0.3 is 5.32 Å². The molecule has 0 saturated heterocycles. The average Bonchev–Trinajstić information content (AvgIpc) is 2.20. The Morgan fingerprint density at radius 3 is 2.12 bits per heavy atom. The van der Waals surface area contributed by atoms with Crippen LogP contribution >= 0.6 is 0 Å². The van der Waals surface area contributed by atoms with Gasteiger partial charge in [-0.2, -0.15) is 0 Å². The lowest BCUT2D eigenvalue weighted by atomic mass is 10.1. The van der Waals surface area contributed by atoms with Crippen LogP contribution in [0.1, 0.15) is 30.5 Å². The van der Waals surface area contributed by atoms with Crippen LogP contribution in [-0.4, -0.2) is 12.0 Å². The molecular weight excluding hydrogens is 212 g/mol. The number of guanidine groups is 1. The van der Waals surface area contributed by atoms with Crippen LogP contribution in [0.5, 0.6) is 0 Å². The van der Waals surface area contributed by atoms with Gasteiger partial charge in [0, 0.05) is 11.7 Å². The van der Waals surface area contributed by atoms with E-state index in [0.29, 0.717) is 5.96 Å². The SMILES string of the molecule is Cc1cc(C)c(NC(=NC(C)C)NN)c(C)c1. The maximum Gasteiger partial charge on any atom is 0.210 e. The van der Waals surface area contributed by atoms with E-state index >= 15 is 0 Å². The highest BCUT2D eigenvalue weighted by Gasteiger charge is 2.06. The van der Waals surface area contributed by atoms with E-state index in [9.17, 15) is 0 Å². The van der Waals surface area contributed by atoms with Gasteiger partial charge >= 0.3 is 0 Å². The highest BCUT2D eigenvalue weighted by molar-refractivity contribution is 5.94. The van der Waals surface area contributed by atoms with Gasteiger partial charge in [-0.25, -0.2) is 10.8 Å². The summed E-state index contributed by atoms with van der Waals surface area (Å²) in [7, 11) is 0. The second-order valence-electron chi connectivity index (χ2n) is 4.61. The van der Waals surface area contributed by atoms with Crippen molar-refractivity contribution in [1.29, 1.82) is 0 Å². The summed E-state index contributed by atoms with van der Waals surface area (Å²) in [5, 5.41) is 3.24. The molecule has 0 fully saturated rings. The summed E-state index contributed by atoms with van der Waals surface area (Å²) in [6.07, 6.45) is 0. The Morgan fingerprint density at radius 1 is 1.18 bits per heavy atom. The summed E-state index contributed by atoms with van der Waals surface area (Å²) in [5.74, 6) is 6.05. The summed E-state index contributed by atoms with van der Waals surface area (Å²) >= 11 is 0. The molecule has 0 heterocycles. The van der Waals surface area contributed by atoms with E-state index < -0.39 is 0 Å². The molecule has 0 aliphatic carbocycles. The Morgan fingerprint density at radius 2 is 1.71 bits per heavy atom. The Hall–Kier alpha value is -1.55. The average molecular weight is 234 g/mol. The lowest BCUT2D eigenvalue weighted by Gasteiger charge is -2.15. The van der Waals surface area contributed by atoms with Gasteiger partial charge in [-0.05, 0) is 45.7 Å². The normalized spacial score (nSPS) is 11.8. The number of hydrazine groups is 1. The molecule has 4 nitrogen and oxygen atoms in total. The first kappa shape index (κ1) is 13.5. The molecule has 94 valence electrons. The van der Waals surface area contributed by atoms with E-state index in [1.54, 1.807) is 0 Å². The van der Waals surface area contributed by atoms with Crippen molar-refractivity contribution in [3.05, 3.63) is 28.8 Å². The van der Waals surface area contributed by atoms with Gasteiger partial charge in [-0.1, -0.05) is 17.7 Å². The zero-order valence-electron chi connectivity index (χ0n) is 11.3. The van der Waals surface area contributed by atoms with Gasteiger partial charge in [-0.3, -0.25) is 5.43 Å². The number of hydrogen-bond acceptors (Lipinski definition) is 2. The number of aryl methyl sites for hydroxylation is 3. The molecule has 0 atom stereocenters. The third kappa shape index (κ3) is 3.75. The molecule has 17 heavy (non-hydrogen) atoms. The van der Waals surface area contributed by atoms with E-state index in [2.05, 4.69) is 48.6 Å². The van der Waals surface area contributed by atoms with Crippen molar-refractivity contribution in [1.82, 2.24) is 5.43 Å². The molecule has 1 rings (SSSR count). The van der Waals surface area contributed by atoms with Gasteiger partial charge in [-0.15, -0.1) is 0 Å². The van der Waals surface area contributed by atoms with Crippen LogP contribution in [0.25, 0.3) is 0 Å². The first-order valence-electron chi connectivity index (χ1n) is 5.83. The minimum absolute atomic E-state index is 0.194. The maximum atomic E-state index is 5.46. The van der Waals surface area contributed by atoms with Crippen molar-refractivity contribution in [2.24, 2.45) is 10.8 Å². The minimum Gasteiger partial charge on any atom is -0.325 e. The predicted octanol–water partition coefficient (Wildman–Crippen LogP) is 2.25. The first-order valence-corrected chi connectivity index (χ1v) is 5.83. The quantitative estimate of drug-likeness (QED) is 0.318. The molecular formula is C13H22N4. The minimum atomic E-state index is 0.194. The summed E-state index contributed by atoms with van der Waals surface area (Å²) in [4.78, 5) is 4.36. The second-order valence-corrected chi connectivity index (χ2v) is 4.61. The second kappa shape index (κ2) is 5.68. The monoisotopic (exact) mass is 234 g/mol. The summed E-state index contributed by atoms with van der Waals surface area (Å²) in [6, 6.07) is 4.47. The molecule has 4 N–H and O–H groups in total. The van der Waals surface area contributed by atoms with E-state index in [0.717, 1.165) is 5.69 Å². The van der Waals surface area contributed by atoms with E-state index in [4.69, 9.17) is 5.84 Å². The smallest absolute Gasteiger partial charge is 0.210 e. The van der Waals surface area contributed by atoms with Gasteiger partial charge in [0.15, 0.2) is 0 Å². The highest BCUT2D eigenvalue weighted by atomic mass is 15.3. The number of nitrogens with two attached hydrogens (primary N) is 1. The molecule has 0 spiro atoms. The zero-order chi connectivity index (χ0) is 13.0. The Bertz CT molecular complexity index is 398. The van der Waals surface area contributed by atoms with Crippen molar-refractivity contribution in [3.63, 3.8) is 0 Å². The third-order valence-electron chi connectivity index (χ3n) is 2.44. The third-order valence-corrected chi connectivity index (χ3v) is 2.44. The first-order chi connectivity index (χ1) is 7.93. The summed E-state index contributed by atoms with van der Waals surface area (Å²) < 4.78 is 0. The Labute approximate surface area is 103 Å². The molecule has 4 heteroatoms. The van der Waals surface area contributed by atoms with Crippen LogP contribution < -0.4 is 16.6 Å². The Balaban J connectivity index is 3.02. The lowest BCUT2D eigenvalue weighted by Crippen LogP contribution is -2.37. The van der Waals surface area contributed by atoms with Crippen LogP contribution in [0.3, 0.4) is 0 Å². The van der Waals surface area contributed by atoms with E-state index in [1.807, 2.05) is 13.8 Å². The predicted molar refractivity (Wildman–Crippen MR) is 74.2 cm³/mol. The highest BCUT2D eigenvalue weighted by Crippen LogP contribution is 2.21. The van der Waals surface area contributed by atoms with Gasteiger partial charge in [0.25, 0.3) is 0 Å². The standard InChI is InChI=1S/C13H22N4/c1-8(2)15-13(17-14)16-12-10(4)6-9(3)7-11(12)5/h6-8H,14H2,1-5H3,(H2,15,16,17). The zero-order valence-corrected chi connectivity index (χ0v) is 11.3. The number of hydrogen-bond donors (Lipinski definition) is 3. The molecule has 0 saturated carbocycles. The summed E-state index contributed by atoms with van der Waals surface area (Å²) in [5.41, 5.74) is 7.29. The molecule has 1 aromatic rings.